The molecule has 1 unspecified atom stereocenters. The van der Waals surface area contributed by atoms with E-state index in [0.29, 0.717) is 13.1 Å². The average molecular weight is 363 g/mol. The summed E-state index contributed by atoms with van der Waals surface area (Å²) in [7, 11) is 0. The molecule has 0 bridgehead atoms. The zero-order valence-corrected chi connectivity index (χ0v) is 15.0. The van der Waals surface area contributed by atoms with Crippen molar-refractivity contribution in [3.8, 4) is 5.75 Å². The fourth-order valence-corrected chi connectivity index (χ4v) is 3.06. The predicted molar refractivity (Wildman–Crippen MR) is 98.6 cm³/mol. The first-order valence-electron chi connectivity index (χ1n) is 9.01. The van der Waals surface area contributed by atoms with Crippen LogP contribution in [0.4, 0.5) is 4.39 Å². The molecule has 0 aromatic heterocycles. The number of phenols is 1. The Morgan fingerprint density at radius 3 is 2.88 bits per heavy atom. The molecule has 2 atom stereocenters. The van der Waals surface area contributed by atoms with Crippen molar-refractivity contribution in [1.82, 2.24) is 10.2 Å². The summed E-state index contributed by atoms with van der Waals surface area (Å²) < 4.78 is 18.6. The van der Waals surface area contributed by atoms with Crippen molar-refractivity contribution in [3.05, 3.63) is 35.7 Å². The minimum absolute atomic E-state index is 0.194. The number of halogens is 1. The van der Waals surface area contributed by atoms with E-state index in [2.05, 4.69) is 21.3 Å². The maximum absolute atomic E-state index is 13.2. The van der Waals surface area contributed by atoms with E-state index in [0.717, 1.165) is 49.5 Å². The van der Waals surface area contributed by atoms with E-state index in [1.165, 1.54) is 12.1 Å². The number of phenolic OH excluding ortho intramolecular Hbond substituents is 1. The van der Waals surface area contributed by atoms with Gasteiger partial charge in [0.05, 0.1) is 19.2 Å². The Morgan fingerprint density at radius 2 is 2.31 bits per heavy atom. The molecule has 0 spiro atoms. The third-order valence-corrected chi connectivity index (χ3v) is 4.64. The first-order valence-corrected chi connectivity index (χ1v) is 9.01. The van der Waals surface area contributed by atoms with Crippen molar-refractivity contribution in [2.75, 3.05) is 32.8 Å². The number of aliphatic hydroxyl groups is 1. The molecule has 3 N–H and O–H groups in total. The summed E-state index contributed by atoms with van der Waals surface area (Å²) in [6.07, 6.45) is 3.46. The zero-order chi connectivity index (χ0) is 18.5. The number of nitrogens with zero attached hydrogens (tertiary/aromatic N) is 2. The molecule has 1 aromatic carbocycles. The Bertz CT molecular complexity index is 687. The molecular weight excluding hydrogens is 337 g/mol. The summed E-state index contributed by atoms with van der Waals surface area (Å²) in [5, 5.41) is 22.2. The topological polar surface area (TPSA) is 77.3 Å². The van der Waals surface area contributed by atoms with Crippen molar-refractivity contribution < 1.29 is 19.3 Å². The van der Waals surface area contributed by atoms with Crippen LogP contribution in [0.5, 0.6) is 5.75 Å². The van der Waals surface area contributed by atoms with Gasteiger partial charge in [-0.25, -0.2) is 4.39 Å². The van der Waals surface area contributed by atoms with Crippen molar-refractivity contribution in [1.29, 1.82) is 0 Å². The molecule has 1 saturated heterocycles. The number of amidine groups is 1. The molecule has 6 nitrogen and oxygen atoms in total. The molecule has 1 aromatic rings. The molecule has 2 aliphatic rings. The number of hydrogen-bond donors (Lipinski definition) is 3. The second kappa shape index (κ2) is 8.62. The molecular formula is C19H26FN3O3. The van der Waals surface area contributed by atoms with Crippen LogP contribution >= 0.6 is 0 Å². The minimum atomic E-state index is -0.658. The molecule has 142 valence electrons. The van der Waals surface area contributed by atoms with Crippen LogP contribution in [0.3, 0.4) is 0 Å². The Kier molecular flexibility index (Phi) is 6.24. The van der Waals surface area contributed by atoms with Crippen LogP contribution in [-0.2, 0) is 4.74 Å². The zero-order valence-electron chi connectivity index (χ0n) is 15.0. The smallest absolute Gasteiger partial charge is 0.164 e. The van der Waals surface area contributed by atoms with Crippen LogP contribution in [0.15, 0.2) is 29.3 Å². The quantitative estimate of drug-likeness (QED) is 0.408. The summed E-state index contributed by atoms with van der Waals surface area (Å²) in [5.41, 5.74) is 1.95. The second-order valence-corrected chi connectivity index (χ2v) is 6.77. The fourth-order valence-electron chi connectivity index (χ4n) is 3.06. The number of aliphatic imine (C=N–C) groups is 1. The molecule has 2 aliphatic heterocycles. The van der Waals surface area contributed by atoms with Gasteiger partial charge in [-0.3, -0.25) is 9.89 Å². The van der Waals surface area contributed by atoms with Crippen molar-refractivity contribution >= 4 is 11.4 Å². The molecule has 0 aliphatic carbocycles. The van der Waals surface area contributed by atoms with E-state index in [9.17, 15) is 14.6 Å². The number of ether oxygens (including phenoxy) is 1. The number of aromatic hydroxyl groups is 1. The van der Waals surface area contributed by atoms with E-state index in [4.69, 9.17) is 4.74 Å². The van der Waals surface area contributed by atoms with Gasteiger partial charge in [-0.2, -0.15) is 0 Å². The lowest BCUT2D eigenvalue weighted by molar-refractivity contribution is -0.0433. The molecule has 0 amide bonds. The first kappa shape index (κ1) is 18.8. The van der Waals surface area contributed by atoms with Crippen molar-refractivity contribution in [2.45, 2.75) is 32.1 Å². The van der Waals surface area contributed by atoms with Crippen LogP contribution in [0, 0.1) is 5.82 Å². The third kappa shape index (κ3) is 5.03. The number of hydrogen-bond acceptors (Lipinski definition) is 5. The summed E-state index contributed by atoms with van der Waals surface area (Å²) >= 11 is 0. The average Bonchev–Trinajstić information content (AvgIpc) is 2.56. The van der Waals surface area contributed by atoms with Crippen LogP contribution in [0.2, 0.25) is 0 Å². The number of benzene rings is 1. The third-order valence-electron chi connectivity index (χ3n) is 4.64. The molecule has 0 radical (unpaired) electrons. The number of nitrogens with one attached hydrogen (secondary N) is 1. The highest BCUT2D eigenvalue weighted by molar-refractivity contribution is 5.84. The predicted octanol–water partition coefficient (Wildman–Crippen LogP) is 1.74. The van der Waals surface area contributed by atoms with Gasteiger partial charge in [0, 0.05) is 19.7 Å². The van der Waals surface area contributed by atoms with E-state index >= 15 is 0 Å². The summed E-state index contributed by atoms with van der Waals surface area (Å²) in [6.45, 7) is 5.26. The Hall–Kier alpha value is -1.96. The second-order valence-electron chi connectivity index (χ2n) is 6.77. The highest BCUT2D eigenvalue weighted by atomic mass is 19.1. The van der Waals surface area contributed by atoms with Gasteiger partial charge in [-0.1, -0.05) is 12.1 Å². The van der Waals surface area contributed by atoms with Gasteiger partial charge in [0.2, 0.25) is 0 Å². The Labute approximate surface area is 153 Å². The van der Waals surface area contributed by atoms with Gasteiger partial charge in [-0.15, -0.1) is 0 Å². The van der Waals surface area contributed by atoms with Crippen LogP contribution < -0.4 is 5.32 Å². The molecule has 3 rings (SSSR count). The lowest BCUT2D eigenvalue weighted by Gasteiger charge is -2.29. The van der Waals surface area contributed by atoms with Gasteiger partial charge in [0.15, 0.2) is 11.6 Å². The molecule has 1 fully saturated rings. The fraction of sp³-hybridized carbons (Fsp3) is 0.526. The van der Waals surface area contributed by atoms with Crippen molar-refractivity contribution in [3.63, 3.8) is 0 Å². The molecule has 0 saturated carbocycles. The molecule has 2 heterocycles. The number of aliphatic hydroxyl groups excluding tert-OH is 1. The van der Waals surface area contributed by atoms with E-state index in [1.54, 1.807) is 13.0 Å². The summed E-state index contributed by atoms with van der Waals surface area (Å²) in [4.78, 5) is 6.79. The van der Waals surface area contributed by atoms with Gasteiger partial charge in [0.25, 0.3) is 0 Å². The van der Waals surface area contributed by atoms with E-state index < -0.39 is 12.0 Å². The Morgan fingerprint density at radius 1 is 1.50 bits per heavy atom. The van der Waals surface area contributed by atoms with Crippen LogP contribution in [0.1, 0.15) is 25.3 Å². The minimum Gasteiger partial charge on any atom is -0.505 e. The summed E-state index contributed by atoms with van der Waals surface area (Å²) in [6, 6.07) is 4.45. The maximum Gasteiger partial charge on any atom is 0.164 e. The van der Waals surface area contributed by atoms with Crippen molar-refractivity contribution in [2.24, 2.45) is 4.99 Å². The van der Waals surface area contributed by atoms with Gasteiger partial charge < -0.3 is 20.3 Å². The SMILES string of the molecule is CC(O)NC(CN1CC=C(c2ccc(F)c(O)c2)CC1)=NC[C@@H]1CCO1. The highest BCUT2D eigenvalue weighted by Gasteiger charge is 2.19. The van der Waals surface area contributed by atoms with Gasteiger partial charge in [-0.05, 0) is 43.0 Å². The van der Waals surface area contributed by atoms with Gasteiger partial charge in [0.1, 0.15) is 12.1 Å². The lowest BCUT2D eigenvalue weighted by Crippen LogP contribution is -2.43. The van der Waals surface area contributed by atoms with E-state index in [1.807, 2.05) is 0 Å². The van der Waals surface area contributed by atoms with Crippen LogP contribution in [-0.4, -0.2) is 66.1 Å². The first-order chi connectivity index (χ1) is 12.5. The normalized spacial score (nSPS) is 22.5. The highest BCUT2D eigenvalue weighted by Crippen LogP contribution is 2.26. The monoisotopic (exact) mass is 363 g/mol. The van der Waals surface area contributed by atoms with E-state index in [-0.39, 0.29) is 11.9 Å². The Balaban J connectivity index is 1.59. The molecule has 7 heteroatoms. The maximum atomic E-state index is 13.2. The van der Waals surface area contributed by atoms with Crippen LogP contribution in [0.25, 0.3) is 5.57 Å². The standard InChI is InChI=1S/C19H26FN3O3/c1-13(24)22-19(21-11-16-6-9-26-16)12-23-7-4-14(5-8-23)15-2-3-17(20)18(25)10-15/h2-4,10,13,16,24-25H,5-9,11-12H2,1H3,(H,21,22)/t13?,16-/m0/s1. The van der Waals surface area contributed by atoms with Gasteiger partial charge >= 0.3 is 0 Å². The largest absolute Gasteiger partial charge is 0.505 e. The molecule has 26 heavy (non-hydrogen) atoms. The summed E-state index contributed by atoms with van der Waals surface area (Å²) in [5.74, 6) is -0.168. The number of rotatable bonds is 6. The lowest BCUT2D eigenvalue weighted by atomic mass is 9.99.